The van der Waals surface area contributed by atoms with Gasteiger partial charge < -0.3 is 15.7 Å². The third-order valence-electron chi connectivity index (χ3n) is 3.06. The number of carbonyl (C=O) groups excluding carboxylic acids is 1. The van der Waals surface area contributed by atoms with Crippen molar-refractivity contribution in [2.45, 2.75) is 57.6 Å². The monoisotopic (exact) mass is 228 g/mol. The van der Waals surface area contributed by atoms with Crippen molar-refractivity contribution >= 4 is 5.91 Å². The van der Waals surface area contributed by atoms with Crippen molar-refractivity contribution in [3.63, 3.8) is 0 Å². The molecule has 0 heterocycles. The molecule has 1 saturated carbocycles. The Morgan fingerprint density at radius 3 is 2.75 bits per heavy atom. The van der Waals surface area contributed by atoms with Gasteiger partial charge in [-0.25, -0.2) is 0 Å². The molecule has 94 valence electrons. The average Bonchev–Trinajstić information content (AvgIpc) is 2.77. The number of carbonyl (C=O) groups is 1. The van der Waals surface area contributed by atoms with Gasteiger partial charge in [-0.3, -0.25) is 4.79 Å². The molecule has 1 unspecified atom stereocenters. The van der Waals surface area contributed by atoms with Gasteiger partial charge in [-0.2, -0.15) is 0 Å². The van der Waals surface area contributed by atoms with E-state index in [-0.39, 0.29) is 5.91 Å². The van der Waals surface area contributed by atoms with Crippen LogP contribution in [0.3, 0.4) is 0 Å². The van der Waals surface area contributed by atoms with Crippen LogP contribution in [-0.4, -0.2) is 36.2 Å². The molecule has 3 N–H and O–H groups in total. The van der Waals surface area contributed by atoms with Gasteiger partial charge in [0, 0.05) is 12.6 Å². The summed E-state index contributed by atoms with van der Waals surface area (Å²) >= 11 is 0. The zero-order valence-corrected chi connectivity index (χ0v) is 10.2. The first-order chi connectivity index (χ1) is 7.72. The summed E-state index contributed by atoms with van der Waals surface area (Å²) in [5, 5.41) is 15.4. The Kier molecular flexibility index (Phi) is 6.42. The second kappa shape index (κ2) is 7.63. The fraction of sp³-hybridized carbons (Fsp3) is 0.917. The Balaban J connectivity index is 2.01. The van der Waals surface area contributed by atoms with E-state index in [0.717, 1.165) is 12.8 Å². The molecule has 0 spiro atoms. The van der Waals surface area contributed by atoms with Crippen molar-refractivity contribution in [3.05, 3.63) is 0 Å². The highest BCUT2D eigenvalue weighted by molar-refractivity contribution is 5.78. The van der Waals surface area contributed by atoms with Crippen LogP contribution in [0.15, 0.2) is 0 Å². The van der Waals surface area contributed by atoms with Crippen LogP contribution in [0, 0.1) is 0 Å². The third-order valence-corrected chi connectivity index (χ3v) is 3.06. The summed E-state index contributed by atoms with van der Waals surface area (Å²) in [6, 6.07) is 0.520. The largest absolute Gasteiger partial charge is 0.391 e. The molecule has 4 heteroatoms. The first-order valence-corrected chi connectivity index (χ1v) is 6.40. The van der Waals surface area contributed by atoms with E-state index >= 15 is 0 Å². The summed E-state index contributed by atoms with van der Waals surface area (Å²) in [5.74, 6) is -0.0120. The van der Waals surface area contributed by atoms with Gasteiger partial charge in [0.2, 0.25) is 5.91 Å². The van der Waals surface area contributed by atoms with E-state index < -0.39 is 6.10 Å². The second-order valence-corrected chi connectivity index (χ2v) is 4.61. The van der Waals surface area contributed by atoms with Gasteiger partial charge in [0.15, 0.2) is 0 Å². The summed E-state index contributed by atoms with van der Waals surface area (Å²) < 4.78 is 0. The van der Waals surface area contributed by atoms with Crippen LogP contribution in [0.25, 0.3) is 0 Å². The van der Waals surface area contributed by atoms with Crippen LogP contribution in [0.1, 0.15) is 45.4 Å². The molecule has 1 fully saturated rings. The Labute approximate surface area is 97.8 Å². The number of rotatable bonds is 7. The molecule has 1 amide bonds. The number of amides is 1. The highest BCUT2D eigenvalue weighted by Gasteiger charge is 2.15. The molecular formula is C12H24N2O2. The van der Waals surface area contributed by atoms with Gasteiger partial charge in [-0.05, 0) is 19.3 Å². The number of aliphatic hydroxyl groups excluding tert-OH is 1. The van der Waals surface area contributed by atoms with Crippen molar-refractivity contribution in [3.8, 4) is 0 Å². The van der Waals surface area contributed by atoms with Crippen LogP contribution < -0.4 is 10.6 Å². The molecule has 0 radical (unpaired) electrons. The van der Waals surface area contributed by atoms with Crippen molar-refractivity contribution in [1.82, 2.24) is 10.6 Å². The Morgan fingerprint density at radius 1 is 1.44 bits per heavy atom. The van der Waals surface area contributed by atoms with E-state index in [2.05, 4.69) is 10.6 Å². The van der Waals surface area contributed by atoms with Gasteiger partial charge in [-0.1, -0.05) is 26.2 Å². The van der Waals surface area contributed by atoms with E-state index in [1.807, 2.05) is 6.92 Å². The lowest BCUT2D eigenvalue weighted by Crippen LogP contribution is -2.40. The van der Waals surface area contributed by atoms with E-state index in [0.29, 0.717) is 19.1 Å². The maximum absolute atomic E-state index is 11.4. The quantitative estimate of drug-likeness (QED) is 0.604. The van der Waals surface area contributed by atoms with Crippen LogP contribution in [0.4, 0.5) is 0 Å². The molecule has 0 aliphatic heterocycles. The van der Waals surface area contributed by atoms with Crippen LogP contribution >= 0.6 is 0 Å². The van der Waals surface area contributed by atoms with Crippen molar-refractivity contribution in [2.75, 3.05) is 13.1 Å². The third kappa shape index (κ3) is 5.47. The Bertz CT molecular complexity index is 203. The summed E-state index contributed by atoms with van der Waals surface area (Å²) in [5.41, 5.74) is 0. The summed E-state index contributed by atoms with van der Waals surface area (Å²) in [6.07, 6.45) is 6.20. The number of hydrogen-bond acceptors (Lipinski definition) is 3. The Morgan fingerprint density at radius 2 is 2.12 bits per heavy atom. The molecule has 1 aliphatic carbocycles. The highest BCUT2D eigenvalue weighted by Crippen LogP contribution is 2.17. The van der Waals surface area contributed by atoms with Gasteiger partial charge in [-0.15, -0.1) is 0 Å². The minimum absolute atomic E-state index is 0.0120. The molecular weight excluding hydrogens is 204 g/mol. The minimum Gasteiger partial charge on any atom is -0.391 e. The number of nitrogens with one attached hydrogen (secondary N) is 2. The van der Waals surface area contributed by atoms with Gasteiger partial charge >= 0.3 is 0 Å². The van der Waals surface area contributed by atoms with Gasteiger partial charge in [0.25, 0.3) is 0 Å². The molecule has 1 atom stereocenters. The number of aliphatic hydroxyl groups is 1. The smallest absolute Gasteiger partial charge is 0.234 e. The normalized spacial score (nSPS) is 18.6. The molecule has 1 rings (SSSR count). The second-order valence-electron chi connectivity index (χ2n) is 4.61. The predicted molar refractivity (Wildman–Crippen MR) is 64.2 cm³/mol. The number of hydrogen-bond donors (Lipinski definition) is 3. The molecule has 0 aromatic carbocycles. The standard InChI is InChI=1S/C12H24N2O2/c1-2-5-11(15)8-14-12(16)9-13-10-6-3-4-7-10/h10-11,13,15H,2-9H2,1H3,(H,14,16). The lowest BCUT2D eigenvalue weighted by molar-refractivity contribution is -0.120. The average molecular weight is 228 g/mol. The van der Waals surface area contributed by atoms with Crippen LogP contribution in [0.2, 0.25) is 0 Å². The van der Waals surface area contributed by atoms with Crippen LogP contribution in [-0.2, 0) is 4.79 Å². The molecule has 0 aromatic heterocycles. The summed E-state index contributed by atoms with van der Waals surface area (Å²) in [7, 11) is 0. The summed E-state index contributed by atoms with van der Waals surface area (Å²) in [4.78, 5) is 11.4. The lowest BCUT2D eigenvalue weighted by atomic mass is 10.2. The lowest BCUT2D eigenvalue weighted by Gasteiger charge is -2.13. The summed E-state index contributed by atoms with van der Waals surface area (Å²) in [6.45, 7) is 2.77. The molecule has 0 aromatic rings. The highest BCUT2D eigenvalue weighted by atomic mass is 16.3. The van der Waals surface area contributed by atoms with Crippen molar-refractivity contribution in [2.24, 2.45) is 0 Å². The first-order valence-electron chi connectivity index (χ1n) is 6.40. The maximum atomic E-state index is 11.4. The molecule has 0 saturated heterocycles. The first kappa shape index (κ1) is 13.5. The SMILES string of the molecule is CCCC(O)CNC(=O)CNC1CCCC1. The van der Waals surface area contributed by atoms with E-state index in [9.17, 15) is 9.90 Å². The molecule has 0 bridgehead atoms. The zero-order chi connectivity index (χ0) is 11.8. The topological polar surface area (TPSA) is 61.4 Å². The fourth-order valence-electron chi connectivity index (χ4n) is 2.10. The van der Waals surface area contributed by atoms with Crippen molar-refractivity contribution < 1.29 is 9.90 Å². The van der Waals surface area contributed by atoms with E-state index in [4.69, 9.17) is 0 Å². The molecule has 1 aliphatic rings. The minimum atomic E-state index is -0.402. The van der Waals surface area contributed by atoms with E-state index in [1.54, 1.807) is 0 Å². The van der Waals surface area contributed by atoms with Gasteiger partial charge in [0.1, 0.15) is 0 Å². The zero-order valence-electron chi connectivity index (χ0n) is 10.2. The Hall–Kier alpha value is -0.610. The van der Waals surface area contributed by atoms with Crippen molar-refractivity contribution in [1.29, 1.82) is 0 Å². The maximum Gasteiger partial charge on any atom is 0.234 e. The molecule has 16 heavy (non-hydrogen) atoms. The predicted octanol–water partition coefficient (Wildman–Crippen LogP) is 0.796. The van der Waals surface area contributed by atoms with Gasteiger partial charge in [0.05, 0.1) is 12.6 Å². The van der Waals surface area contributed by atoms with Crippen LogP contribution in [0.5, 0.6) is 0 Å². The molecule has 4 nitrogen and oxygen atoms in total. The van der Waals surface area contributed by atoms with E-state index in [1.165, 1.54) is 25.7 Å². The fourth-order valence-corrected chi connectivity index (χ4v) is 2.10.